The van der Waals surface area contributed by atoms with Gasteiger partial charge in [-0.25, -0.2) is 0 Å². The molecular formula is C37H60O7. The molecule has 2 saturated heterocycles. The number of allylic oxidation sites excluding steroid dienone is 1. The third kappa shape index (κ3) is 5.28. The van der Waals surface area contributed by atoms with Crippen molar-refractivity contribution in [1.29, 1.82) is 0 Å². The molecule has 0 amide bonds. The Morgan fingerprint density at radius 1 is 0.909 bits per heavy atom. The molecule has 7 nitrogen and oxygen atoms in total. The highest BCUT2D eigenvalue weighted by molar-refractivity contribution is 5.95. The fraction of sp³-hybridized carbons (Fsp3) is 0.919. The molecule has 0 aromatic heterocycles. The lowest BCUT2D eigenvalue weighted by atomic mass is 9.45. The minimum atomic E-state index is -1.06. The Morgan fingerprint density at radius 2 is 1.59 bits per heavy atom. The number of hydrogen-bond donors (Lipinski definition) is 2. The van der Waals surface area contributed by atoms with Gasteiger partial charge in [-0.3, -0.25) is 4.79 Å². The molecule has 7 heteroatoms. The van der Waals surface area contributed by atoms with Crippen molar-refractivity contribution in [1.82, 2.24) is 0 Å². The van der Waals surface area contributed by atoms with Crippen molar-refractivity contribution in [3.05, 3.63) is 11.6 Å². The largest absolute Gasteiger partial charge is 0.390 e. The normalized spacial score (nSPS) is 48.5. The second-order valence-corrected chi connectivity index (χ2v) is 16.7. The first-order valence-electron chi connectivity index (χ1n) is 18.0. The Labute approximate surface area is 265 Å². The van der Waals surface area contributed by atoms with Crippen molar-refractivity contribution in [2.75, 3.05) is 0 Å². The first kappa shape index (κ1) is 33.1. The van der Waals surface area contributed by atoms with Gasteiger partial charge in [-0.2, -0.15) is 0 Å². The summed E-state index contributed by atoms with van der Waals surface area (Å²) in [5, 5.41) is 23.5. The van der Waals surface area contributed by atoms with Crippen molar-refractivity contribution >= 4 is 5.78 Å². The van der Waals surface area contributed by atoms with Crippen LogP contribution in [0.1, 0.15) is 138 Å². The molecule has 2 N–H and O–H groups in total. The summed E-state index contributed by atoms with van der Waals surface area (Å²) in [6.45, 7) is 14.8. The van der Waals surface area contributed by atoms with Crippen molar-refractivity contribution in [3.63, 3.8) is 0 Å². The first-order chi connectivity index (χ1) is 20.7. The van der Waals surface area contributed by atoms with Crippen LogP contribution in [0.25, 0.3) is 0 Å². The Bertz CT molecular complexity index is 1110. The summed E-state index contributed by atoms with van der Waals surface area (Å²) in [5.41, 5.74) is -2.16. The molecule has 0 aromatic carbocycles. The van der Waals surface area contributed by atoms with E-state index in [-0.39, 0.29) is 59.8 Å². The van der Waals surface area contributed by atoms with Crippen LogP contribution in [0, 0.1) is 28.6 Å². The molecule has 3 saturated carbocycles. The van der Waals surface area contributed by atoms with Crippen LogP contribution in [-0.2, 0) is 23.7 Å². The fourth-order valence-electron chi connectivity index (χ4n) is 10.8. The van der Waals surface area contributed by atoms with Gasteiger partial charge in [-0.1, -0.05) is 40.5 Å². The number of unbranched alkanes of at least 4 members (excludes halogenated alkanes) is 2. The van der Waals surface area contributed by atoms with E-state index in [1.807, 2.05) is 19.9 Å². The van der Waals surface area contributed by atoms with Gasteiger partial charge in [0.2, 0.25) is 0 Å². The van der Waals surface area contributed by atoms with Crippen LogP contribution in [0.5, 0.6) is 0 Å². The van der Waals surface area contributed by atoms with Gasteiger partial charge in [0.1, 0.15) is 0 Å². The number of ketones is 1. The zero-order valence-corrected chi connectivity index (χ0v) is 28.5. The number of ether oxygens (including phenoxy) is 4. The Balaban J connectivity index is 1.27. The van der Waals surface area contributed by atoms with E-state index >= 15 is 0 Å². The lowest BCUT2D eigenvalue weighted by Gasteiger charge is -2.60. The number of carbonyl (C=O) groups is 1. The minimum absolute atomic E-state index is 0.0115. The summed E-state index contributed by atoms with van der Waals surface area (Å²) in [5.74, 6) is 0.291. The third-order valence-electron chi connectivity index (χ3n) is 13.4. The Morgan fingerprint density at radius 3 is 2.27 bits per heavy atom. The Kier molecular flexibility index (Phi) is 8.80. The maximum atomic E-state index is 14.0. The molecule has 6 aliphatic rings. The van der Waals surface area contributed by atoms with Gasteiger partial charge in [0.05, 0.1) is 35.1 Å². The van der Waals surface area contributed by atoms with Gasteiger partial charge in [0.25, 0.3) is 0 Å². The monoisotopic (exact) mass is 616 g/mol. The van der Waals surface area contributed by atoms with Gasteiger partial charge in [0, 0.05) is 11.3 Å². The van der Waals surface area contributed by atoms with Crippen molar-refractivity contribution in [2.45, 2.75) is 186 Å². The quantitative estimate of drug-likeness (QED) is 0.273. The zero-order valence-electron chi connectivity index (χ0n) is 28.5. The number of aliphatic hydroxyl groups is 2. The lowest BCUT2D eigenvalue weighted by Crippen LogP contribution is -2.62. The van der Waals surface area contributed by atoms with Gasteiger partial charge in [-0.05, 0) is 127 Å². The number of fused-ring (bicyclic) bond motifs is 6. The van der Waals surface area contributed by atoms with Crippen molar-refractivity contribution in [3.8, 4) is 0 Å². The number of hydrogen-bond acceptors (Lipinski definition) is 7. The standard InChI is InChI=1S/C37H60O7/c1-8-10-12-31-41-27-21-25-26(38)20-24-23(34(25,5)22-28(27)42-31)14-18-35(6)29(15-19-37(24,35)40)36(7)30(16-17-33(3,4)39)43-32(44-36)13-11-9-2/h20,23,25,27-32,39-40H,8-19,21-22H2,1-7H3/t23-,25-,27+,28-,29-,30+,31?,32?,34+,35+,36+,37+/m0/s1. The van der Waals surface area contributed by atoms with E-state index < -0.39 is 22.2 Å². The van der Waals surface area contributed by atoms with Crippen LogP contribution >= 0.6 is 0 Å². The number of rotatable bonds is 10. The van der Waals surface area contributed by atoms with Crippen LogP contribution in [0.15, 0.2) is 11.6 Å². The zero-order chi connectivity index (χ0) is 31.7. The molecule has 5 fully saturated rings. The van der Waals surface area contributed by atoms with E-state index in [1.165, 1.54) is 0 Å². The second-order valence-electron chi connectivity index (χ2n) is 16.7. The molecule has 0 bridgehead atoms. The molecule has 44 heavy (non-hydrogen) atoms. The summed E-state index contributed by atoms with van der Waals surface area (Å²) < 4.78 is 26.3. The minimum Gasteiger partial charge on any atom is -0.390 e. The van der Waals surface area contributed by atoms with E-state index in [0.717, 1.165) is 69.8 Å². The summed E-state index contributed by atoms with van der Waals surface area (Å²) >= 11 is 0. The van der Waals surface area contributed by atoms with Crippen molar-refractivity contribution in [2.24, 2.45) is 28.6 Å². The molecule has 12 atom stereocenters. The Hall–Kier alpha value is -0.830. The van der Waals surface area contributed by atoms with Gasteiger partial charge in [-0.15, -0.1) is 0 Å². The van der Waals surface area contributed by atoms with Crippen LogP contribution in [0.2, 0.25) is 0 Å². The van der Waals surface area contributed by atoms with Gasteiger partial charge >= 0.3 is 0 Å². The summed E-state index contributed by atoms with van der Waals surface area (Å²) in [4.78, 5) is 14.0. The summed E-state index contributed by atoms with van der Waals surface area (Å²) in [6, 6.07) is 0. The van der Waals surface area contributed by atoms with E-state index in [4.69, 9.17) is 18.9 Å². The SMILES string of the molecule is CCCCC1O[C@H]2C[C@@]3(C)[C@@H](C[C@H]2O1)C(=O)C=C1[C@@H]3CC[C@]2(C)[C@@H]([C@@]3(C)OC(CCCC)O[C@@H]3CCC(C)(C)O)CC[C@@]12O. The highest BCUT2D eigenvalue weighted by atomic mass is 16.7. The van der Waals surface area contributed by atoms with Crippen molar-refractivity contribution < 1.29 is 34.0 Å². The fourth-order valence-corrected chi connectivity index (χ4v) is 10.8. The molecule has 0 spiro atoms. The predicted octanol–water partition coefficient (Wildman–Crippen LogP) is 7.01. The van der Waals surface area contributed by atoms with Crippen LogP contribution in [0.4, 0.5) is 0 Å². The molecule has 2 heterocycles. The first-order valence-corrected chi connectivity index (χ1v) is 18.0. The molecule has 4 aliphatic carbocycles. The topological polar surface area (TPSA) is 94.5 Å². The molecule has 0 radical (unpaired) electrons. The maximum Gasteiger partial charge on any atom is 0.159 e. The molecule has 6 rings (SSSR count). The smallest absolute Gasteiger partial charge is 0.159 e. The molecule has 250 valence electrons. The second kappa shape index (κ2) is 11.7. The molecule has 2 aliphatic heterocycles. The van der Waals surface area contributed by atoms with E-state index in [2.05, 4.69) is 34.6 Å². The molecular weight excluding hydrogens is 556 g/mol. The molecule has 0 aromatic rings. The average Bonchev–Trinajstić information content (AvgIpc) is 3.59. The van der Waals surface area contributed by atoms with Crippen LogP contribution in [0.3, 0.4) is 0 Å². The van der Waals surface area contributed by atoms with Crippen LogP contribution in [-0.4, -0.2) is 63.7 Å². The van der Waals surface area contributed by atoms with Crippen LogP contribution < -0.4 is 0 Å². The average molecular weight is 617 g/mol. The van der Waals surface area contributed by atoms with E-state index in [0.29, 0.717) is 25.7 Å². The number of carbonyl (C=O) groups excluding carboxylic acids is 1. The molecule has 2 unspecified atom stereocenters. The predicted molar refractivity (Wildman–Crippen MR) is 169 cm³/mol. The summed E-state index contributed by atoms with van der Waals surface area (Å²) in [7, 11) is 0. The van der Waals surface area contributed by atoms with E-state index in [1.54, 1.807) is 0 Å². The summed E-state index contributed by atoms with van der Waals surface area (Å²) in [6.07, 6.45) is 13.5. The van der Waals surface area contributed by atoms with Gasteiger partial charge < -0.3 is 29.2 Å². The highest BCUT2D eigenvalue weighted by Gasteiger charge is 2.71. The highest BCUT2D eigenvalue weighted by Crippen LogP contribution is 2.70. The third-order valence-corrected chi connectivity index (χ3v) is 13.4. The maximum absolute atomic E-state index is 14.0. The van der Waals surface area contributed by atoms with E-state index in [9.17, 15) is 15.0 Å². The lowest BCUT2D eigenvalue weighted by molar-refractivity contribution is -0.163. The van der Waals surface area contributed by atoms with Gasteiger partial charge in [0.15, 0.2) is 18.4 Å².